The molecule has 1 aliphatic rings. The minimum absolute atomic E-state index is 0. The van der Waals surface area contributed by atoms with Crippen molar-refractivity contribution < 1.29 is 9.18 Å². The molecule has 2 unspecified atom stereocenters. The number of nitrogens with zero attached hydrogens (tertiary/aromatic N) is 3. The number of hydrogen-bond donors (Lipinski definition) is 2. The van der Waals surface area contributed by atoms with Crippen LogP contribution in [0.25, 0.3) is 0 Å². The minimum atomic E-state index is -0.217. The Hall–Kier alpha value is -1.58. The number of amides is 1. The molecule has 6 nitrogen and oxygen atoms in total. The average Bonchev–Trinajstić information content (AvgIpc) is 2.65. The van der Waals surface area contributed by atoms with Gasteiger partial charge in [0.15, 0.2) is 5.96 Å². The Balaban J connectivity index is 0.00000392. The van der Waals surface area contributed by atoms with Crippen molar-refractivity contribution in [2.45, 2.75) is 45.2 Å². The second-order valence-corrected chi connectivity index (χ2v) is 7.32. The van der Waals surface area contributed by atoms with Crippen LogP contribution in [-0.4, -0.2) is 62.6 Å². The third kappa shape index (κ3) is 7.81. The zero-order chi connectivity index (χ0) is 19.8. The summed E-state index contributed by atoms with van der Waals surface area (Å²) in [6.07, 6.45) is 2.98. The van der Waals surface area contributed by atoms with Gasteiger partial charge in [0.2, 0.25) is 5.91 Å². The highest BCUT2D eigenvalue weighted by Gasteiger charge is 2.22. The van der Waals surface area contributed by atoms with Crippen molar-refractivity contribution in [2.75, 3.05) is 38.6 Å². The van der Waals surface area contributed by atoms with E-state index in [9.17, 15) is 9.18 Å². The Morgan fingerprint density at radius 1 is 1.43 bits per heavy atom. The van der Waals surface area contributed by atoms with E-state index < -0.39 is 0 Å². The number of rotatable bonds is 6. The molecule has 1 aromatic carbocycles. The zero-order valence-electron chi connectivity index (χ0n) is 17.2. The summed E-state index contributed by atoms with van der Waals surface area (Å²) in [5, 5.41) is 6.82. The molecular formula is C20H33FIN5O. The zero-order valence-corrected chi connectivity index (χ0v) is 19.6. The summed E-state index contributed by atoms with van der Waals surface area (Å²) in [6.45, 7) is 5.98. The number of likely N-dealkylation sites (N-methyl/N-ethyl adjacent to an activating group) is 1. The monoisotopic (exact) mass is 505 g/mol. The molecule has 1 amide bonds. The van der Waals surface area contributed by atoms with Crippen molar-refractivity contribution in [2.24, 2.45) is 4.99 Å². The highest BCUT2D eigenvalue weighted by Crippen LogP contribution is 2.20. The van der Waals surface area contributed by atoms with Gasteiger partial charge in [-0.1, -0.05) is 13.0 Å². The quantitative estimate of drug-likeness (QED) is 0.355. The van der Waals surface area contributed by atoms with Gasteiger partial charge in [0.25, 0.3) is 0 Å². The summed E-state index contributed by atoms with van der Waals surface area (Å²) in [6, 6.07) is 7.16. The molecule has 0 aliphatic carbocycles. The lowest BCUT2D eigenvalue weighted by Crippen LogP contribution is -2.53. The van der Waals surface area contributed by atoms with Crippen molar-refractivity contribution in [1.29, 1.82) is 0 Å². The molecule has 1 fully saturated rings. The van der Waals surface area contributed by atoms with Gasteiger partial charge in [-0.25, -0.2) is 9.38 Å². The molecular weight excluding hydrogens is 472 g/mol. The molecule has 1 heterocycles. The van der Waals surface area contributed by atoms with E-state index in [1.165, 1.54) is 11.0 Å². The number of piperidine rings is 1. The molecule has 1 aromatic rings. The van der Waals surface area contributed by atoms with Crippen molar-refractivity contribution in [3.63, 3.8) is 0 Å². The Bertz CT molecular complexity index is 655. The summed E-state index contributed by atoms with van der Waals surface area (Å²) in [7, 11) is 3.45. The van der Waals surface area contributed by atoms with Gasteiger partial charge < -0.3 is 20.4 Å². The Morgan fingerprint density at radius 2 is 2.18 bits per heavy atom. The molecule has 2 N–H and O–H groups in total. The maximum atomic E-state index is 13.5. The Kier molecular flexibility index (Phi) is 10.6. The van der Waals surface area contributed by atoms with Gasteiger partial charge in [-0.15, -0.1) is 24.0 Å². The predicted molar refractivity (Wildman–Crippen MR) is 124 cm³/mol. The van der Waals surface area contributed by atoms with Gasteiger partial charge in [-0.05, 0) is 44.4 Å². The van der Waals surface area contributed by atoms with Crippen molar-refractivity contribution >= 4 is 41.5 Å². The van der Waals surface area contributed by atoms with Crippen LogP contribution >= 0.6 is 24.0 Å². The van der Waals surface area contributed by atoms with Crippen LogP contribution in [0.3, 0.4) is 0 Å². The first-order valence-corrected chi connectivity index (χ1v) is 9.67. The van der Waals surface area contributed by atoms with Crippen molar-refractivity contribution in [1.82, 2.24) is 15.5 Å². The molecule has 0 saturated carbocycles. The maximum absolute atomic E-state index is 13.5. The van der Waals surface area contributed by atoms with Crippen LogP contribution in [-0.2, 0) is 4.79 Å². The van der Waals surface area contributed by atoms with Gasteiger partial charge in [-0.3, -0.25) is 4.79 Å². The first kappa shape index (κ1) is 24.5. The van der Waals surface area contributed by atoms with E-state index in [1.54, 1.807) is 26.2 Å². The number of anilines is 1. The smallest absolute Gasteiger partial charge is 0.243 e. The molecule has 1 saturated heterocycles. The van der Waals surface area contributed by atoms with Crippen LogP contribution in [0.5, 0.6) is 0 Å². The summed E-state index contributed by atoms with van der Waals surface area (Å²) in [4.78, 5) is 20.1. The maximum Gasteiger partial charge on any atom is 0.243 e. The molecule has 1 aliphatic heterocycles. The largest absolute Gasteiger partial charge is 0.369 e. The van der Waals surface area contributed by atoms with E-state index in [4.69, 9.17) is 0 Å². The van der Waals surface area contributed by atoms with Crippen LogP contribution in [0.4, 0.5) is 10.1 Å². The lowest BCUT2D eigenvalue weighted by molar-refractivity contribution is -0.127. The number of halogens is 2. The fraction of sp³-hybridized carbons (Fsp3) is 0.600. The number of nitrogens with one attached hydrogen (secondary N) is 2. The number of hydrogen-bond acceptors (Lipinski definition) is 3. The molecule has 0 aromatic heterocycles. The fourth-order valence-corrected chi connectivity index (χ4v) is 2.95. The molecule has 0 radical (unpaired) electrons. The first-order chi connectivity index (χ1) is 12.9. The number of carbonyl (C=O) groups is 1. The standard InChI is InChI=1S/C20H32FN5O.HI/c1-5-15(2)23-20(22-13-19(27)25(3)4)24-17-9-7-11-26(14-17)18-10-6-8-16(21)12-18;/h6,8,10,12,15,17H,5,7,9,11,13-14H2,1-4H3,(H2,22,23,24);1H. The molecule has 8 heteroatoms. The van der Waals surface area contributed by atoms with E-state index in [1.807, 2.05) is 6.07 Å². The van der Waals surface area contributed by atoms with E-state index in [-0.39, 0.29) is 54.3 Å². The number of guanidine groups is 1. The average molecular weight is 505 g/mol. The molecule has 28 heavy (non-hydrogen) atoms. The Labute approximate surface area is 185 Å². The van der Waals surface area contributed by atoms with Crippen molar-refractivity contribution in [3.05, 3.63) is 30.1 Å². The van der Waals surface area contributed by atoms with E-state index in [2.05, 4.69) is 34.4 Å². The van der Waals surface area contributed by atoms with Crippen LogP contribution in [0.15, 0.2) is 29.3 Å². The topological polar surface area (TPSA) is 60.0 Å². The third-order valence-electron chi connectivity index (χ3n) is 4.80. The fourth-order valence-electron chi connectivity index (χ4n) is 2.95. The Morgan fingerprint density at radius 3 is 2.82 bits per heavy atom. The highest BCUT2D eigenvalue weighted by molar-refractivity contribution is 14.0. The third-order valence-corrected chi connectivity index (χ3v) is 4.80. The van der Waals surface area contributed by atoms with Gasteiger partial charge >= 0.3 is 0 Å². The van der Waals surface area contributed by atoms with E-state index in [0.29, 0.717) is 5.96 Å². The predicted octanol–water partition coefficient (Wildman–Crippen LogP) is 2.83. The lowest BCUT2D eigenvalue weighted by Gasteiger charge is -2.35. The van der Waals surface area contributed by atoms with Gasteiger partial charge in [-0.2, -0.15) is 0 Å². The highest BCUT2D eigenvalue weighted by atomic mass is 127. The normalized spacial score (nSPS) is 18.1. The van der Waals surface area contributed by atoms with Gasteiger partial charge in [0.1, 0.15) is 12.4 Å². The van der Waals surface area contributed by atoms with Crippen LogP contribution < -0.4 is 15.5 Å². The van der Waals surface area contributed by atoms with Gasteiger partial charge in [0, 0.05) is 45.0 Å². The molecule has 0 spiro atoms. The van der Waals surface area contributed by atoms with Gasteiger partial charge in [0.05, 0.1) is 0 Å². The lowest BCUT2D eigenvalue weighted by atomic mass is 10.0. The number of aliphatic imine (C=N–C) groups is 1. The van der Waals surface area contributed by atoms with E-state index >= 15 is 0 Å². The molecule has 2 atom stereocenters. The summed E-state index contributed by atoms with van der Waals surface area (Å²) < 4.78 is 13.5. The summed E-state index contributed by atoms with van der Waals surface area (Å²) in [5.74, 6) is 0.404. The number of carbonyl (C=O) groups excluding carboxylic acids is 1. The molecule has 158 valence electrons. The first-order valence-electron chi connectivity index (χ1n) is 9.67. The molecule has 0 bridgehead atoms. The SMILES string of the molecule is CCC(C)NC(=NCC(=O)N(C)C)NC1CCCN(c2cccc(F)c2)C1.I. The molecule has 2 rings (SSSR count). The van der Waals surface area contributed by atoms with Crippen molar-refractivity contribution in [3.8, 4) is 0 Å². The second-order valence-electron chi connectivity index (χ2n) is 7.32. The summed E-state index contributed by atoms with van der Waals surface area (Å²) >= 11 is 0. The number of benzene rings is 1. The van der Waals surface area contributed by atoms with E-state index in [0.717, 1.165) is 38.0 Å². The van der Waals surface area contributed by atoms with Crippen LogP contribution in [0.1, 0.15) is 33.1 Å². The van der Waals surface area contributed by atoms with Crippen LogP contribution in [0.2, 0.25) is 0 Å². The van der Waals surface area contributed by atoms with Crippen LogP contribution in [0, 0.1) is 5.82 Å². The summed E-state index contributed by atoms with van der Waals surface area (Å²) in [5.41, 5.74) is 0.901. The minimum Gasteiger partial charge on any atom is -0.369 e. The second kappa shape index (κ2) is 12.1.